The summed E-state index contributed by atoms with van der Waals surface area (Å²) in [6, 6.07) is 4.88. The molecule has 2 nitrogen and oxygen atoms in total. The van der Waals surface area contributed by atoms with E-state index in [9.17, 15) is 17.4 Å². The molecular formula is C13H18F3NOS. The van der Waals surface area contributed by atoms with Gasteiger partial charge in [-0.2, -0.15) is 13.2 Å². The summed E-state index contributed by atoms with van der Waals surface area (Å²) in [6.45, 7) is 4.28. The zero-order valence-corrected chi connectivity index (χ0v) is 11.8. The Hall–Kier alpha value is -0.880. The molecule has 1 N–H and O–H groups in total. The largest absolute Gasteiger partial charge is 0.416 e. The predicted molar refractivity (Wildman–Crippen MR) is 71.4 cm³/mol. The highest BCUT2D eigenvalue weighted by atomic mass is 32.2. The van der Waals surface area contributed by atoms with E-state index >= 15 is 0 Å². The Labute approximate surface area is 113 Å². The first kappa shape index (κ1) is 16.2. The Morgan fingerprint density at radius 1 is 1.32 bits per heavy atom. The van der Waals surface area contributed by atoms with Gasteiger partial charge in [-0.15, -0.1) is 0 Å². The Morgan fingerprint density at radius 2 is 2.00 bits per heavy atom. The number of hydrogen-bond donors (Lipinski definition) is 1. The molecule has 0 amide bonds. The molecule has 2 unspecified atom stereocenters. The van der Waals surface area contributed by atoms with Crippen molar-refractivity contribution in [3.05, 3.63) is 35.4 Å². The fourth-order valence-corrected chi connectivity index (χ4v) is 2.67. The van der Waals surface area contributed by atoms with Gasteiger partial charge < -0.3 is 5.32 Å². The Balaban J connectivity index is 2.99. The standard InChI is InChI=1S/C13H18F3NOS/c1-3-17-12(9-19(18)4-2)10-6-5-7-11(8-10)13(14,15)16/h5-8,12,17H,3-4,9H2,1-2H3. The summed E-state index contributed by atoms with van der Waals surface area (Å²) in [7, 11) is -1.03. The molecule has 0 heterocycles. The van der Waals surface area contributed by atoms with Crippen molar-refractivity contribution < 1.29 is 17.4 Å². The van der Waals surface area contributed by atoms with Gasteiger partial charge in [-0.3, -0.25) is 4.21 Å². The minimum absolute atomic E-state index is 0.312. The minimum atomic E-state index is -4.35. The predicted octanol–water partition coefficient (Wildman–Crippen LogP) is 3.12. The smallest absolute Gasteiger partial charge is 0.309 e. The van der Waals surface area contributed by atoms with E-state index in [-0.39, 0.29) is 6.04 Å². The average molecular weight is 293 g/mol. The summed E-state index contributed by atoms with van der Waals surface area (Å²) in [6.07, 6.45) is -4.35. The van der Waals surface area contributed by atoms with Crippen LogP contribution in [0.3, 0.4) is 0 Å². The molecule has 19 heavy (non-hydrogen) atoms. The maximum Gasteiger partial charge on any atom is 0.416 e. The fourth-order valence-electron chi connectivity index (χ4n) is 1.75. The third-order valence-corrected chi connectivity index (χ3v) is 4.09. The van der Waals surface area contributed by atoms with E-state index in [0.29, 0.717) is 23.6 Å². The molecule has 2 atom stereocenters. The normalized spacial score (nSPS) is 15.2. The molecular weight excluding hydrogens is 275 g/mol. The van der Waals surface area contributed by atoms with Gasteiger partial charge in [0, 0.05) is 28.3 Å². The van der Waals surface area contributed by atoms with Crippen LogP contribution < -0.4 is 5.32 Å². The highest BCUT2D eigenvalue weighted by molar-refractivity contribution is 7.84. The van der Waals surface area contributed by atoms with E-state index in [4.69, 9.17) is 0 Å². The molecule has 6 heteroatoms. The summed E-state index contributed by atoms with van der Waals surface area (Å²) < 4.78 is 49.6. The lowest BCUT2D eigenvalue weighted by molar-refractivity contribution is -0.137. The van der Waals surface area contributed by atoms with Crippen LogP contribution in [0.4, 0.5) is 13.2 Å². The maximum atomic E-state index is 12.7. The number of benzene rings is 1. The molecule has 0 radical (unpaired) electrons. The van der Waals surface area contributed by atoms with Crippen molar-refractivity contribution in [3.63, 3.8) is 0 Å². The topological polar surface area (TPSA) is 29.1 Å². The van der Waals surface area contributed by atoms with Crippen LogP contribution in [0.15, 0.2) is 24.3 Å². The first-order valence-corrected chi connectivity index (χ1v) is 7.62. The summed E-state index contributed by atoms with van der Waals surface area (Å²) in [5.41, 5.74) is -0.145. The van der Waals surface area contributed by atoms with E-state index in [1.54, 1.807) is 13.0 Å². The average Bonchev–Trinajstić information content (AvgIpc) is 2.37. The Morgan fingerprint density at radius 3 is 2.53 bits per heavy atom. The quantitative estimate of drug-likeness (QED) is 0.873. The van der Waals surface area contributed by atoms with E-state index in [2.05, 4.69) is 5.32 Å². The van der Waals surface area contributed by atoms with E-state index < -0.39 is 22.5 Å². The minimum Gasteiger partial charge on any atom is -0.309 e. The van der Waals surface area contributed by atoms with Crippen LogP contribution in [-0.4, -0.2) is 22.3 Å². The lowest BCUT2D eigenvalue weighted by atomic mass is 10.0. The number of halogens is 3. The molecule has 0 aliphatic heterocycles. The monoisotopic (exact) mass is 293 g/mol. The van der Waals surface area contributed by atoms with Gasteiger partial charge in [0.15, 0.2) is 0 Å². The molecule has 0 aromatic heterocycles. The summed E-state index contributed by atoms with van der Waals surface area (Å²) >= 11 is 0. The van der Waals surface area contributed by atoms with Crippen molar-refractivity contribution in [2.45, 2.75) is 26.1 Å². The molecule has 0 fully saturated rings. The van der Waals surface area contributed by atoms with Crippen LogP contribution in [0.1, 0.15) is 31.0 Å². The van der Waals surface area contributed by atoms with Crippen molar-refractivity contribution in [2.75, 3.05) is 18.1 Å². The second kappa shape index (κ2) is 7.05. The number of nitrogens with one attached hydrogen (secondary N) is 1. The molecule has 0 saturated heterocycles. The van der Waals surface area contributed by atoms with Gasteiger partial charge in [-0.1, -0.05) is 26.0 Å². The van der Waals surface area contributed by atoms with E-state index in [1.807, 2.05) is 6.92 Å². The van der Waals surface area contributed by atoms with Crippen molar-refractivity contribution in [2.24, 2.45) is 0 Å². The van der Waals surface area contributed by atoms with Gasteiger partial charge in [0.25, 0.3) is 0 Å². The highest BCUT2D eigenvalue weighted by Crippen LogP contribution is 2.30. The molecule has 0 bridgehead atoms. The SMILES string of the molecule is CCNC(CS(=O)CC)c1cccc(C(F)(F)F)c1. The summed E-state index contributed by atoms with van der Waals surface area (Å²) in [4.78, 5) is 0. The molecule has 0 aliphatic carbocycles. The molecule has 0 saturated carbocycles. The number of hydrogen-bond acceptors (Lipinski definition) is 2. The molecule has 108 valence electrons. The molecule has 0 aliphatic rings. The Bertz CT molecular complexity index is 434. The third-order valence-electron chi connectivity index (χ3n) is 2.74. The zero-order valence-electron chi connectivity index (χ0n) is 11.0. The fraction of sp³-hybridized carbons (Fsp3) is 0.538. The van der Waals surface area contributed by atoms with Gasteiger partial charge in [0.2, 0.25) is 0 Å². The van der Waals surface area contributed by atoms with Crippen LogP contribution in [0.5, 0.6) is 0 Å². The van der Waals surface area contributed by atoms with Crippen LogP contribution in [0, 0.1) is 0 Å². The first-order chi connectivity index (χ1) is 8.88. The van der Waals surface area contributed by atoms with Crippen LogP contribution in [-0.2, 0) is 17.0 Å². The van der Waals surface area contributed by atoms with Crippen molar-refractivity contribution in [1.29, 1.82) is 0 Å². The molecule has 1 aromatic carbocycles. The van der Waals surface area contributed by atoms with Crippen molar-refractivity contribution in [3.8, 4) is 0 Å². The number of rotatable bonds is 6. The number of alkyl halides is 3. The van der Waals surface area contributed by atoms with Gasteiger partial charge in [0.1, 0.15) is 0 Å². The van der Waals surface area contributed by atoms with Crippen molar-refractivity contribution in [1.82, 2.24) is 5.32 Å². The third kappa shape index (κ3) is 4.95. The van der Waals surface area contributed by atoms with Gasteiger partial charge in [-0.25, -0.2) is 0 Å². The lowest BCUT2D eigenvalue weighted by Crippen LogP contribution is -2.26. The second-order valence-electron chi connectivity index (χ2n) is 4.13. The lowest BCUT2D eigenvalue weighted by Gasteiger charge is -2.19. The van der Waals surface area contributed by atoms with E-state index in [1.165, 1.54) is 6.07 Å². The summed E-state index contributed by atoms with van der Waals surface area (Å²) in [5.74, 6) is 0.826. The van der Waals surface area contributed by atoms with E-state index in [0.717, 1.165) is 12.1 Å². The molecule has 1 rings (SSSR count). The zero-order chi connectivity index (χ0) is 14.5. The second-order valence-corrected chi connectivity index (χ2v) is 5.92. The van der Waals surface area contributed by atoms with Crippen LogP contribution >= 0.6 is 0 Å². The van der Waals surface area contributed by atoms with Crippen LogP contribution in [0.2, 0.25) is 0 Å². The van der Waals surface area contributed by atoms with Crippen molar-refractivity contribution >= 4 is 10.8 Å². The van der Waals surface area contributed by atoms with Gasteiger partial charge in [-0.05, 0) is 24.2 Å². The summed E-state index contributed by atoms with van der Waals surface area (Å²) in [5, 5.41) is 3.08. The highest BCUT2D eigenvalue weighted by Gasteiger charge is 2.31. The van der Waals surface area contributed by atoms with Gasteiger partial charge in [0.05, 0.1) is 5.56 Å². The van der Waals surface area contributed by atoms with Crippen LogP contribution in [0.25, 0.3) is 0 Å². The first-order valence-electron chi connectivity index (χ1n) is 6.14. The molecule has 0 spiro atoms. The van der Waals surface area contributed by atoms with Gasteiger partial charge >= 0.3 is 6.18 Å². The maximum absolute atomic E-state index is 12.7. The molecule has 1 aromatic rings. The Kier molecular flexibility index (Phi) is 6.00.